The van der Waals surface area contributed by atoms with Gasteiger partial charge in [-0.1, -0.05) is 167 Å². The van der Waals surface area contributed by atoms with E-state index in [2.05, 4.69) is 41.5 Å². The second-order valence-electron chi connectivity index (χ2n) is 27.0. The highest BCUT2D eigenvalue weighted by molar-refractivity contribution is 6.12. The van der Waals surface area contributed by atoms with Gasteiger partial charge in [-0.2, -0.15) is 52.7 Å². The second kappa shape index (κ2) is 19.8. The lowest BCUT2D eigenvalue weighted by molar-refractivity contribution is -0.138. The van der Waals surface area contributed by atoms with Crippen molar-refractivity contribution in [3.8, 4) is 11.1 Å². The number of carbonyl (C=O) groups excluding carboxylic acids is 1. The predicted molar refractivity (Wildman–Crippen MR) is 285 cm³/mol. The summed E-state index contributed by atoms with van der Waals surface area (Å²) in [6.45, 7) is 38.5. The first-order chi connectivity index (χ1) is 34.4. The Hall–Kier alpha value is -5.27. The third-order valence-electron chi connectivity index (χ3n) is 15.2. The van der Waals surface area contributed by atoms with Crippen LogP contribution in [0.25, 0.3) is 11.1 Å². The number of carbonyl (C=O) groups is 1. The molecule has 14 heteroatoms. The van der Waals surface area contributed by atoms with Crippen LogP contribution in [0.1, 0.15) is 191 Å². The smallest absolute Gasteiger partial charge is 0.297 e. The molecular formula is C63H75F12NO. The zero-order valence-electron chi connectivity index (χ0n) is 47.8. The monoisotopic (exact) mass is 1090 g/mol. The Morgan fingerprint density at radius 2 is 0.766 bits per heavy atom. The highest BCUT2D eigenvalue weighted by Crippen LogP contribution is 2.66. The maximum atomic E-state index is 13.6. The summed E-state index contributed by atoms with van der Waals surface area (Å²) in [4.78, 5) is 15.2. The first kappa shape index (κ1) is 62.6. The molecule has 7 rings (SSSR count). The number of amides is 1. The van der Waals surface area contributed by atoms with E-state index in [1.807, 2.05) is 95.2 Å². The largest absolute Gasteiger partial charge is 0.416 e. The summed E-state index contributed by atoms with van der Waals surface area (Å²) in [5, 5.41) is 0. The molecule has 0 unspecified atom stereocenters. The molecule has 0 spiro atoms. The molecule has 2 aliphatic rings. The summed E-state index contributed by atoms with van der Waals surface area (Å²) >= 11 is 0. The van der Waals surface area contributed by atoms with Gasteiger partial charge in [0.25, 0.3) is 5.91 Å². The van der Waals surface area contributed by atoms with Gasteiger partial charge in [0.1, 0.15) is 0 Å². The lowest BCUT2D eigenvalue weighted by Crippen LogP contribution is -2.60. The normalized spacial score (nSPS) is 16.1. The molecule has 0 N–H and O–H groups in total. The zero-order valence-corrected chi connectivity index (χ0v) is 47.8. The number of anilines is 1. The average Bonchev–Trinajstić information content (AvgIpc) is 3.69. The number of nitrogens with zero attached hydrogens (tertiary/aromatic N) is 1. The van der Waals surface area contributed by atoms with E-state index < -0.39 is 79.6 Å². The van der Waals surface area contributed by atoms with Crippen LogP contribution in [0.4, 0.5) is 58.4 Å². The molecule has 0 atom stereocenters. The third kappa shape index (κ3) is 11.6. The lowest BCUT2D eigenvalue weighted by atomic mass is 9.50. The Labute approximate surface area is 448 Å². The summed E-state index contributed by atoms with van der Waals surface area (Å²) in [5.41, 5.74) is -1.63. The van der Waals surface area contributed by atoms with Crippen molar-refractivity contribution in [2.75, 3.05) is 4.90 Å². The SMILES string of the molecule is CC(C)(C)C(c1ccc(C(F)(F)F)cc1)C(C)(C)C.CC(C)(C)C1(C(C)(C)C)c2ccc(C(F)(F)F)cc2-c2cc(C(F)(F)F)ccc21.Cc1cc(N2C(=O)c3ccccc3C2(C(C)(C)C)C(C)(C)C)cc(C(F)(F)F)c1. The van der Waals surface area contributed by atoms with Crippen LogP contribution in [0.2, 0.25) is 0 Å². The minimum atomic E-state index is -4.58. The van der Waals surface area contributed by atoms with Crippen LogP contribution < -0.4 is 4.90 Å². The number of benzene rings is 5. The summed E-state index contributed by atoms with van der Waals surface area (Å²) in [6.07, 6.45) is -17.9. The number of hydrogen-bond acceptors (Lipinski definition) is 1. The van der Waals surface area contributed by atoms with Crippen molar-refractivity contribution < 1.29 is 57.5 Å². The fourth-order valence-corrected chi connectivity index (χ4v) is 13.9. The van der Waals surface area contributed by atoms with E-state index in [0.29, 0.717) is 22.3 Å². The van der Waals surface area contributed by atoms with E-state index in [9.17, 15) is 57.5 Å². The van der Waals surface area contributed by atoms with E-state index in [1.54, 1.807) is 42.2 Å². The van der Waals surface area contributed by atoms with Crippen LogP contribution in [-0.4, -0.2) is 5.91 Å². The molecule has 0 aromatic heterocycles. The van der Waals surface area contributed by atoms with Crippen molar-refractivity contribution >= 4 is 11.6 Å². The van der Waals surface area contributed by atoms with Crippen molar-refractivity contribution in [2.24, 2.45) is 32.5 Å². The highest BCUT2D eigenvalue weighted by atomic mass is 19.4. The Balaban J connectivity index is 0.000000219. The van der Waals surface area contributed by atoms with Crippen LogP contribution in [0, 0.1) is 39.4 Å². The van der Waals surface area contributed by atoms with Gasteiger partial charge in [-0.3, -0.25) is 9.69 Å². The van der Waals surface area contributed by atoms with E-state index in [0.717, 1.165) is 47.5 Å². The number of hydrogen-bond donors (Lipinski definition) is 0. The lowest BCUT2D eigenvalue weighted by Gasteiger charge is -2.56. The first-order valence-corrected chi connectivity index (χ1v) is 25.6. The third-order valence-corrected chi connectivity index (χ3v) is 15.2. The molecule has 1 aliphatic heterocycles. The van der Waals surface area contributed by atoms with Crippen LogP contribution in [0.5, 0.6) is 0 Å². The topological polar surface area (TPSA) is 20.3 Å². The van der Waals surface area contributed by atoms with Crippen molar-refractivity contribution in [1.82, 2.24) is 0 Å². The Morgan fingerprint density at radius 3 is 1.12 bits per heavy atom. The number of halogens is 12. The fourth-order valence-electron chi connectivity index (χ4n) is 13.9. The quantitative estimate of drug-likeness (QED) is 0.161. The van der Waals surface area contributed by atoms with Crippen molar-refractivity contribution in [1.29, 1.82) is 0 Å². The standard InChI is InChI=1S/C24H28F3NO.C23H24F6.C16H23F3/c1-15-12-16(24(25,26)27)14-17(13-15)28-20(29)18-10-8-9-11-19(18)23(28,21(2,3)4)22(5,6)7;1-19(2,3)21(20(4,5)6)17-9-7-13(22(24,25)26)11-15(17)16-12-14(23(27,28)29)8-10-18(16)21;1-14(2,3)13(15(4,5)6)11-7-9-12(10-8-11)16(17,18)19/h8-14H,1-7H3;7-12H,1-6H3;7-10,13H,1-6H3. The van der Waals surface area contributed by atoms with Gasteiger partial charge >= 0.3 is 24.7 Å². The molecule has 77 heavy (non-hydrogen) atoms. The van der Waals surface area contributed by atoms with Gasteiger partial charge in [-0.25, -0.2) is 0 Å². The molecular weight excluding hydrogens is 1010 g/mol. The van der Waals surface area contributed by atoms with Crippen LogP contribution in [-0.2, 0) is 35.7 Å². The minimum Gasteiger partial charge on any atom is -0.297 e. The number of fused-ring (bicyclic) bond motifs is 4. The van der Waals surface area contributed by atoms with E-state index in [-0.39, 0.29) is 39.5 Å². The molecule has 0 fully saturated rings. The summed E-state index contributed by atoms with van der Waals surface area (Å²) in [7, 11) is 0. The molecule has 0 radical (unpaired) electrons. The number of alkyl halides is 12. The minimum absolute atomic E-state index is 0.00198. The predicted octanol–water partition coefficient (Wildman–Crippen LogP) is 20.9. The van der Waals surface area contributed by atoms with Crippen molar-refractivity contribution in [2.45, 2.75) is 173 Å². The zero-order chi connectivity index (χ0) is 59.3. The number of aryl methyl sites for hydroxylation is 1. The van der Waals surface area contributed by atoms with Crippen molar-refractivity contribution in [3.63, 3.8) is 0 Å². The summed E-state index contributed by atoms with van der Waals surface area (Å²) in [6, 6.07) is 23.8. The molecule has 2 nitrogen and oxygen atoms in total. The van der Waals surface area contributed by atoms with Crippen LogP contribution in [0.15, 0.2) is 103 Å². The van der Waals surface area contributed by atoms with Gasteiger partial charge in [0, 0.05) is 16.7 Å². The van der Waals surface area contributed by atoms with E-state index in [1.165, 1.54) is 24.3 Å². The number of rotatable bonds is 2. The molecule has 0 saturated heterocycles. The molecule has 1 heterocycles. The molecule has 0 bridgehead atoms. The van der Waals surface area contributed by atoms with Gasteiger partial charge in [0.2, 0.25) is 0 Å². The second-order valence-corrected chi connectivity index (χ2v) is 27.0. The Kier molecular flexibility index (Phi) is 16.1. The first-order valence-electron chi connectivity index (χ1n) is 25.6. The summed E-state index contributed by atoms with van der Waals surface area (Å²) in [5.74, 6) is -0.0635. The maximum Gasteiger partial charge on any atom is 0.416 e. The molecule has 1 amide bonds. The maximum absolute atomic E-state index is 13.6. The van der Waals surface area contributed by atoms with Gasteiger partial charge in [0.05, 0.1) is 27.8 Å². The average molecular weight is 1090 g/mol. The van der Waals surface area contributed by atoms with Gasteiger partial charge in [-0.05, 0) is 145 Å². The van der Waals surface area contributed by atoms with E-state index in [4.69, 9.17) is 0 Å². The highest BCUT2D eigenvalue weighted by Gasteiger charge is 2.63. The fraction of sp³-hybridized carbons (Fsp3) is 0.508. The van der Waals surface area contributed by atoms with E-state index >= 15 is 0 Å². The van der Waals surface area contributed by atoms with Gasteiger partial charge in [-0.15, -0.1) is 0 Å². The molecule has 0 saturated carbocycles. The van der Waals surface area contributed by atoms with Gasteiger partial charge < -0.3 is 0 Å². The molecule has 5 aromatic rings. The Bertz CT molecular complexity index is 2840. The summed E-state index contributed by atoms with van der Waals surface area (Å²) < 4.78 is 159. The molecule has 5 aromatic carbocycles. The van der Waals surface area contributed by atoms with Crippen LogP contribution in [0.3, 0.4) is 0 Å². The molecule has 422 valence electrons. The molecule has 1 aliphatic carbocycles. The van der Waals surface area contributed by atoms with Gasteiger partial charge in [0.15, 0.2) is 0 Å². The van der Waals surface area contributed by atoms with Crippen LogP contribution >= 0.6 is 0 Å². The van der Waals surface area contributed by atoms with Crippen molar-refractivity contribution in [3.05, 3.63) is 159 Å². The Morgan fingerprint density at radius 1 is 0.390 bits per heavy atom.